The summed E-state index contributed by atoms with van der Waals surface area (Å²) in [5, 5.41) is 0. The highest BCUT2D eigenvalue weighted by molar-refractivity contribution is 7.86. The van der Waals surface area contributed by atoms with Crippen molar-refractivity contribution >= 4 is 27.1 Å². The maximum absolute atomic E-state index is 12.7. The quantitative estimate of drug-likeness (QED) is 0.270. The summed E-state index contributed by atoms with van der Waals surface area (Å²) in [6.45, 7) is 3.78. The number of carbonyl (C=O) groups excluding carboxylic acids is 1. The highest BCUT2D eigenvalue weighted by Gasteiger charge is 2.27. The zero-order valence-corrected chi connectivity index (χ0v) is 20.1. The van der Waals surface area contributed by atoms with Gasteiger partial charge in [-0.05, 0) is 57.4 Å². The summed E-state index contributed by atoms with van der Waals surface area (Å²) in [6.07, 6.45) is 1.28. The summed E-state index contributed by atoms with van der Waals surface area (Å²) in [5.74, 6) is -0.624. The fourth-order valence-corrected chi connectivity index (χ4v) is 4.89. The first-order valence-electron chi connectivity index (χ1n) is 10.2. The van der Waals surface area contributed by atoms with Gasteiger partial charge in [0.25, 0.3) is 10.1 Å². The summed E-state index contributed by atoms with van der Waals surface area (Å²) in [4.78, 5) is 12.6. The first kappa shape index (κ1) is 26.1. The van der Waals surface area contributed by atoms with Gasteiger partial charge in [0.1, 0.15) is 17.0 Å². The number of nitrogens with one attached hydrogen (secondary N) is 1. The predicted octanol–water partition coefficient (Wildman–Crippen LogP) is 2.36. The lowest BCUT2D eigenvalue weighted by atomic mass is 10.0. The normalized spacial score (nSPS) is 14.5. The molecule has 0 saturated heterocycles. The molecular formula is C22H30N2O6S2. The number of carbonyl (C=O) groups is 1. The molecule has 3 atom stereocenters. The van der Waals surface area contributed by atoms with E-state index in [2.05, 4.69) is 4.72 Å². The van der Waals surface area contributed by atoms with Crippen LogP contribution in [0.1, 0.15) is 30.4 Å². The second-order valence-corrected chi connectivity index (χ2v) is 10.3. The fraction of sp³-hybridized carbons (Fsp3) is 0.409. The average molecular weight is 483 g/mol. The van der Waals surface area contributed by atoms with Crippen molar-refractivity contribution in [1.29, 1.82) is 0 Å². The number of hydrogen-bond acceptors (Lipinski definition) is 7. The first-order chi connectivity index (χ1) is 15.1. The molecule has 0 saturated carbocycles. The molecule has 0 radical (unpaired) electrons. The van der Waals surface area contributed by atoms with E-state index in [1.165, 1.54) is 19.2 Å². The second kappa shape index (κ2) is 12.2. The van der Waals surface area contributed by atoms with Crippen LogP contribution in [-0.2, 0) is 34.8 Å². The number of methoxy groups -OCH3 is 1. The minimum Gasteiger partial charge on any atom is -0.468 e. The highest BCUT2D eigenvalue weighted by Crippen LogP contribution is 2.15. The maximum Gasteiger partial charge on any atom is 0.324 e. The molecule has 0 aliphatic rings. The molecule has 2 aromatic rings. The van der Waals surface area contributed by atoms with Gasteiger partial charge in [0.05, 0.1) is 23.5 Å². The van der Waals surface area contributed by atoms with E-state index in [1.54, 1.807) is 24.3 Å². The van der Waals surface area contributed by atoms with E-state index in [-0.39, 0.29) is 11.5 Å². The molecule has 0 aromatic heterocycles. The summed E-state index contributed by atoms with van der Waals surface area (Å²) in [7, 11) is -4.17. The van der Waals surface area contributed by atoms with Crippen molar-refractivity contribution in [2.24, 2.45) is 5.73 Å². The maximum atomic E-state index is 12.7. The number of esters is 1. The Morgan fingerprint density at radius 3 is 2.16 bits per heavy atom. The molecule has 0 bridgehead atoms. The van der Waals surface area contributed by atoms with Gasteiger partial charge in [0.15, 0.2) is 0 Å². The summed E-state index contributed by atoms with van der Waals surface area (Å²) in [5.41, 5.74) is 7.98. The Hall–Kier alpha value is -2.11. The summed E-state index contributed by atoms with van der Waals surface area (Å²) in [6, 6.07) is 11.9. The topological polar surface area (TPSA) is 125 Å². The van der Waals surface area contributed by atoms with Gasteiger partial charge in [-0.25, -0.2) is 8.93 Å². The molecular weight excluding hydrogens is 452 g/mol. The van der Waals surface area contributed by atoms with E-state index >= 15 is 0 Å². The van der Waals surface area contributed by atoms with E-state index in [0.717, 1.165) is 11.1 Å². The van der Waals surface area contributed by atoms with Gasteiger partial charge in [-0.1, -0.05) is 35.4 Å². The number of unbranched alkanes of at least 4 members (excludes halogenated alkanes) is 1. The van der Waals surface area contributed by atoms with Crippen molar-refractivity contribution in [3.63, 3.8) is 0 Å². The third-order valence-corrected chi connectivity index (χ3v) is 7.40. The summed E-state index contributed by atoms with van der Waals surface area (Å²) < 4.78 is 49.9. The Labute approximate surface area is 192 Å². The molecule has 0 aliphatic heterocycles. The summed E-state index contributed by atoms with van der Waals surface area (Å²) >= 11 is 0. The lowest BCUT2D eigenvalue weighted by Crippen LogP contribution is -2.50. The number of nitrogens with two attached hydrogens (primary N) is 1. The molecule has 176 valence electrons. The van der Waals surface area contributed by atoms with Crippen LogP contribution in [0.3, 0.4) is 0 Å². The third-order valence-electron chi connectivity index (χ3n) is 4.86. The largest absolute Gasteiger partial charge is 0.468 e. The van der Waals surface area contributed by atoms with Gasteiger partial charge in [-0.3, -0.25) is 8.98 Å². The van der Waals surface area contributed by atoms with E-state index < -0.39 is 39.2 Å². The molecule has 0 amide bonds. The molecule has 8 nitrogen and oxygen atoms in total. The number of ether oxygens (including phenoxy) is 1. The molecule has 0 spiro atoms. The first-order valence-corrected chi connectivity index (χ1v) is 12.7. The molecule has 10 heteroatoms. The standard InChI is InChI=1S/C22H30N2O6S2/c1-16-7-11-18(12-8-16)31(26)24-20(21(23)22(25)29-3)6-4-5-15-30-32(27,28)19-13-9-17(2)10-14-19/h7-14,20-21,24H,4-6,15,23H2,1-3H3/t20-,21+,31?/m1/s1. The van der Waals surface area contributed by atoms with Crippen molar-refractivity contribution < 1.29 is 26.3 Å². The minimum absolute atomic E-state index is 0.0164. The van der Waals surface area contributed by atoms with Crippen molar-refractivity contribution in [3.05, 3.63) is 59.7 Å². The Bertz CT molecular complexity index is 1010. The van der Waals surface area contributed by atoms with Crippen molar-refractivity contribution in [1.82, 2.24) is 4.72 Å². The van der Waals surface area contributed by atoms with Gasteiger partial charge in [-0.2, -0.15) is 8.42 Å². The van der Waals surface area contributed by atoms with Crippen LogP contribution < -0.4 is 10.5 Å². The average Bonchev–Trinajstić information content (AvgIpc) is 2.77. The van der Waals surface area contributed by atoms with Crippen LogP contribution in [0.15, 0.2) is 58.3 Å². The monoisotopic (exact) mass is 482 g/mol. The highest BCUT2D eigenvalue weighted by atomic mass is 32.2. The van der Waals surface area contributed by atoms with E-state index in [9.17, 15) is 17.4 Å². The van der Waals surface area contributed by atoms with Crippen LogP contribution in [0.4, 0.5) is 0 Å². The second-order valence-electron chi connectivity index (χ2n) is 7.44. The zero-order valence-electron chi connectivity index (χ0n) is 18.4. The van der Waals surface area contributed by atoms with E-state index in [0.29, 0.717) is 24.2 Å². The lowest BCUT2D eigenvalue weighted by molar-refractivity contribution is -0.142. The molecule has 32 heavy (non-hydrogen) atoms. The number of benzene rings is 2. The number of hydrogen-bond donors (Lipinski definition) is 2. The Morgan fingerprint density at radius 2 is 1.59 bits per heavy atom. The van der Waals surface area contributed by atoms with E-state index in [4.69, 9.17) is 14.7 Å². The van der Waals surface area contributed by atoms with Crippen LogP contribution in [0, 0.1) is 13.8 Å². The van der Waals surface area contributed by atoms with Crippen molar-refractivity contribution in [2.45, 2.75) is 55.0 Å². The predicted molar refractivity (Wildman–Crippen MR) is 123 cm³/mol. The third kappa shape index (κ3) is 7.79. The molecule has 2 rings (SSSR count). The fourth-order valence-electron chi connectivity index (χ4n) is 2.89. The molecule has 0 heterocycles. The molecule has 1 unspecified atom stereocenters. The van der Waals surface area contributed by atoms with Crippen LogP contribution in [0.2, 0.25) is 0 Å². The SMILES string of the molecule is COC(=O)[C@@H](N)[C@@H](CCCCOS(=O)(=O)c1ccc(C)cc1)NS(=O)c1ccc(C)cc1. The number of aryl methyl sites for hydroxylation is 2. The zero-order chi connectivity index (χ0) is 23.7. The van der Waals surface area contributed by atoms with Crippen LogP contribution >= 0.6 is 0 Å². The van der Waals surface area contributed by atoms with E-state index in [1.807, 2.05) is 26.0 Å². The lowest BCUT2D eigenvalue weighted by Gasteiger charge is -2.23. The van der Waals surface area contributed by atoms with Gasteiger partial charge in [0.2, 0.25) is 0 Å². The van der Waals surface area contributed by atoms with Crippen molar-refractivity contribution in [3.8, 4) is 0 Å². The Balaban J connectivity index is 1.92. The van der Waals surface area contributed by atoms with Gasteiger partial charge < -0.3 is 10.5 Å². The Morgan fingerprint density at radius 1 is 1.03 bits per heavy atom. The number of rotatable bonds is 12. The molecule has 3 N–H and O–H groups in total. The van der Waals surface area contributed by atoms with Crippen LogP contribution in [0.5, 0.6) is 0 Å². The minimum atomic E-state index is -3.83. The smallest absolute Gasteiger partial charge is 0.324 e. The van der Waals surface area contributed by atoms with Gasteiger partial charge in [0, 0.05) is 6.04 Å². The Kier molecular flexibility index (Phi) is 9.98. The molecule has 0 fully saturated rings. The van der Waals surface area contributed by atoms with Crippen LogP contribution in [-0.4, -0.2) is 44.4 Å². The van der Waals surface area contributed by atoms with Gasteiger partial charge >= 0.3 is 5.97 Å². The van der Waals surface area contributed by atoms with Gasteiger partial charge in [-0.15, -0.1) is 0 Å². The molecule has 2 aromatic carbocycles. The van der Waals surface area contributed by atoms with Crippen molar-refractivity contribution in [2.75, 3.05) is 13.7 Å². The molecule has 0 aliphatic carbocycles. The van der Waals surface area contributed by atoms with Crippen LogP contribution in [0.25, 0.3) is 0 Å².